The quantitative estimate of drug-likeness (QED) is 0.724. The number of nitrogens with zero attached hydrogens (tertiary/aromatic N) is 3. The number of aryl methyl sites for hydroxylation is 1. The lowest BCUT2D eigenvalue weighted by Crippen LogP contribution is -2.39. The largest absolute Gasteiger partial charge is 0.495 e. The standard InChI is InChI=1S/C19H25N5O3/c1-13-8-15(26-3)10-22-19(13)23-18-9-17(16(20-2)11-21-18)24(12-25)14-4-6-27-7-5-14/h8-12,14,20H,4-7H2,1-3H3,(H,21,22,23). The molecular weight excluding hydrogens is 346 g/mol. The molecule has 0 aromatic carbocycles. The van der Waals surface area contributed by atoms with Gasteiger partial charge in [0.15, 0.2) is 0 Å². The second-order valence-electron chi connectivity index (χ2n) is 6.36. The maximum Gasteiger partial charge on any atom is 0.214 e. The summed E-state index contributed by atoms with van der Waals surface area (Å²) in [5.41, 5.74) is 2.51. The van der Waals surface area contributed by atoms with Crippen LogP contribution in [0.1, 0.15) is 18.4 Å². The lowest BCUT2D eigenvalue weighted by molar-refractivity contribution is -0.108. The Morgan fingerprint density at radius 1 is 1.26 bits per heavy atom. The van der Waals surface area contributed by atoms with Crippen molar-refractivity contribution in [3.05, 3.63) is 30.1 Å². The van der Waals surface area contributed by atoms with Crippen LogP contribution in [-0.4, -0.2) is 49.8 Å². The predicted octanol–water partition coefficient (Wildman–Crippen LogP) is 2.72. The van der Waals surface area contributed by atoms with Crippen LogP contribution in [0.2, 0.25) is 0 Å². The van der Waals surface area contributed by atoms with Gasteiger partial charge in [-0.2, -0.15) is 0 Å². The molecule has 2 N–H and O–H groups in total. The van der Waals surface area contributed by atoms with Gasteiger partial charge >= 0.3 is 0 Å². The SMILES string of the molecule is CNc1cnc(Nc2ncc(OC)cc2C)cc1N(C=O)C1CCOCC1. The molecule has 1 amide bonds. The van der Waals surface area contributed by atoms with Crippen LogP contribution in [0.5, 0.6) is 5.75 Å². The van der Waals surface area contributed by atoms with E-state index in [1.165, 1.54) is 0 Å². The fraction of sp³-hybridized carbons (Fsp3) is 0.421. The molecule has 2 aromatic heterocycles. The van der Waals surface area contributed by atoms with E-state index >= 15 is 0 Å². The van der Waals surface area contributed by atoms with Crippen LogP contribution < -0.4 is 20.3 Å². The van der Waals surface area contributed by atoms with Crippen LogP contribution in [0.4, 0.5) is 23.0 Å². The number of methoxy groups -OCH3 is 1. The molecule has 0 bridgehead atoms. The second kappa shape index (κ2) is 8.68. The van der Waals surface area contributed by atoms with Gasteiger partial charge in [-0.3, -0.25) is 4.79 Å². The van der Waals surface area contributed by atoms with Crippen molar-refractivity contribution < 1.29 is 14.3 Å². The Kier molecular flexibility index (Phi) is 6.08. The van der Waals surface area contributed by atoms with Crippen molar-refractivity contribution in [2.24, 2.45) is 0 Å². The minimum atomic E-state index is 0.111. The average Bonchev–Trinajstić information content (AvgIpc) is 2.71. The first-order chi connectivity index (χ1) is 13.2. The number of pyridine rings is 2. The lowest BCUT2D eigenvalue weighted by Gasteiger charge is -2.32. The summed E-state index contributed by atoms with van der Waals surface area (Å²) in [6, 6.07) is 3.87. The second-order valence-corrected chi connectivity index (χ2v) is 6.36. The molecule has 8 nitrogen and oxygen atoms in total. The first kappa shape index (κ1) is 18.9. The number of rotatable bonds is 7. The highest BCUT2D eigenvalue weighted by molar-refractivity contribution is 5.85. The van der Waals surface area contributed by atoms with Gasteiger partial charge in [0, 0.05) is 32.4 Å². The fourth-order valence-electron chi connectivity index (χ4n) is 3.14. The Balaban J connectivity index is 1.89. The molecular formula is C19H25N5O3. The van der Waals surface area contributed by atoms with Crippen molar-refractivity contribution in [3.8, 4) is 5.75 Å². The highest BCUT2D eigenvalue weighted by Gasteiger charge is 2.24. The van der Waals surface area contributed by atoms with Crippen LogP contribution in [0.3, 0.4) is 0 Å². The summed E-state index contributed by atoms with van der Waals surface area (Å²) in [5.74, 6) is 2.00. The van der Waals surface area contributed by atoms with Crippen molar-refractivity contribution in [1.29, 1.82) is 0 Å². The lowest BCUT2D eigenvalue weighted by atomic mass is 10.1. The topological polar surface area (TPSA) is 88.6 Å². The van der Waals surface area contributed by atoms with Crippen LogP contribution >= 0.6 is 0 Å². The third-order valence-electron chi connectivity index (χ3n) is 4.66. The first-order valence-corrected chi connectivity index (χ1v) is 8.93. The van der Waals surface area contributed by atoms with Gasteiger partial charge in [-0.15, -0.1) is 0 Å². The number of anilines is 4. The van der Waals surface area contributed by atoms with E-state index in [0.717, 1.165) is 36.2 Å². The molecule has 0 radical (unpaired) electrons. The molecule has 0 spiro atoms. The number of carbonyl (C=O) groups excluding carboxylic acids is 1. The first-order valence-electron chi connectivity index (χ1n) is 8.93. The zero-order valence-electron chi connectivity index (χ0n) is 15.9. The molecule has 0 unspecified atom stereocenters. The minimum Gasteiger partial charge on any atom is -0.495 e. The number of hydrogen-bond acceptors (Lipinski definition) is 7. The molecule has 2 aromatic rings. The van der Waals surface area contributed by atoms with E-state index in [2.05, 4.69) is 20.6 Å². The summed E-state index contributed by atoms with van der Waals surface area (Å²) in [5, 5.41) is 6.34. The van der Waals surface area contributed by atoms with Gasteiger partial charge in [-0.05, 0) is 31.4 Å². The highest BCUT2D eigenvalue weighted by atomic mass is 16.5. The zero-order valence-corrected chi connectivity index (χ0v) is 15.9. The predicted molar refractivity (Wildman–Crippen MR) is 105 cm³/mol. The van der Waals surface area contributed by atoms with Crippen molar-refractivity contribution >= 4 is 29.4 Å². The minimum absolute atomic E-state index is 0.111. The summed E-state index contributed by atoms with van der Waals surface area (Å²) in [7, 11) is 3.42. The normalized spacial score (nSPS) is 14.5. The third kappa shape index (κ3) is 4.28. The molecule has 0 aliphatic carbocycles. The van der Waals surface area contributed by atoms with Crippen molar-refractivity contribution in [2.45, 2.75) is 25.8 Å². The molecule has 1 saturated heterocycles. The average molecular weight is 371 g/mol. The molecule has 0 saturated carbocycles. The van der Waals surface area contributed by atoms with Crippen molar-refractivity contribution in [3.63, 3.8) is 0 Å². The molecule has 8 heteroatoms. The van der Waals surface area contributed by atoms with E-state index in [1.54, 1.807) is 24.4 Å². The summed E-state index contributed by atoms with van der Waals surface area (Å²) in [6.07, 6.45) is 5.87. The van der Waals surface area contributed by atoms with E-state index in [4.69, 9.17) is 9.47 Å². The van der Waals surface area contributed by atoms with E-state index in [9.17, 15) is 4.79 Å². The molecule has 1 fully saturated rings. The Morgan fingerprint density at radius 3 is 2.67 bits per heavy atom. The summed E-state index contributed by atoms with van der Waals surface area (Å²) >= 11 is 0. The highest BCUT2D eigenvalue weighted by Crippen LogP contribution is 2.31. The van der Waals surface area contributed by atoms with Crippen molar-refractivity contribution in [1.82, 2.24) is 9.97 Å². The summed E-state index contributed by atoms with van der Waals surface area (Å²) < 4.78 is 10.6. The van der Waals surface area contributed by atoms with Gasteiger partial charge < -0.3 is 25.0 Å². The van der Waals surface area contributed by atoms with Gasteiger partial charge in [-0.1, -0.05) is 0 Å². The molecule has 3 heterocycles. The van der Waals surface area contributed by atoms with Crippen LogP contribution in [0, 0.1) is 6.92 Å². The Morgan fingerprint density at radius 2 is 2.04 bits per heavy atom. The number of carbonyl (C=O) groups is 1. The summed E-state index contributed by atoms with van der Waals surface area (Å²) in [4.78, 5) is 22.4. The van der Waals surface area contributed by atoms with Gasteiger partial charge in [-0.25, -0.2) is 9.97 Å². The number of hydrogen-bond donors (Lipinski definition) is 2. The van der Waals surface area contributed by atoms with E-state index < -0.39 is 0 Å². The molecule has 1 aliphatic heterocycles. The molecule has 1 aliphatic rings. The monoisotopic (exact) mass is 371 g/mol. The molecule has 0 atom stereocenters. The third-order valence-corrected chi connectivity index (χ3v) is 4.66. The number of amides is 1. The maximum absolute atomic E-state index is 11.9. The molecule has 27 heavy (non-hydrogen) atoms. The van der Waals surface area contributed by atoms with Crippen molar-refractivity contribution in [2.75, 3.05) is 42.9 Å². The summed E-state index contributed by atoms with van der Waals surface area (Å²) in [6.45, 7) is 3.27. The van der Waals surface area contributed by atoms with Crippen LogP contribution in [0.25, 0.3) is 0 Å². The molecule has 144 valence electrons. The van der Waals surface area contributed by atoms with Gasteiger partial charge in [0.25, 0.3) is 0 Å². The Labute approximate surface area is 158 Å². The van der Waals surface area contributed by atoms with Crippen LogP contribution in [0.15, 0.2) is 24.5 Å². The zero-order chi connectivity index (χ0) is 19.2. The van der Waals surface area contributed by atoms with E-state index in [-0.39, 0.29) is 6.04 Å². The fourth-order valence-corrected chi connectivity index (χ4v) is 3.14. The number of aromatic nitrogens is 2. The van der Waals surface area contributed by atoms with Gasteiger partial charge in [0.1, 0.15) is 17.4 Å². The van der Waals surface area contributed by atoms with E-state index in [0.29, 0.717) is 30.6 Å². The van der Waals surface area contributed by atoms with Gasteiger partial charge in [0.2, 0.25) is 6.41 Å². The van der Waals surface area contributed by atoms with Gasteiger partial charge in [0.05, 0.1) is 30.9 Å². The maximum atomic E-state index is 11.9. The Hall–Kier alpha value is -2.87. The van der Waals surface area contributed by atoms with E-state index in [1.807, 2.05) is 26.1 Å². The molecule has 3 rings (SSSR count). The number of ether oxygens (including phenoxy) is 2. The van der Waals surface area contributed by atoms with Crippen LogP contribution in [-0.2, 0) is 9.53 Å². The Bertz CT molecular complexity index is 793. The smallest absolute Gasteiger partial charge is 0.214 e. The number of nitrogens with one attached hydrogen (secondary N) is 2.